The van der Waals surface area contributed by atoms with Crippen LogP contribution in [0.25, 0.3) is 0 Å². The van der Waals surface area contributed by atoms with Crippen molar-refractivity contribution in [1.29, 1.82) is 0 Å². The van der Waals surface area contributed by atoms with Crippen molar-refractivity contribution in [2.45, 2.75) is 12.6 Å². The van der Waals surface area contributed by atoms with Gasteiger partial charge in [-0.25, -0.2) is 4.79 Å². The third-order valence-electron chi connectivity index (χ3n) is 0.928. The molecule has 0 amide bonds. The predicted octanol–water partition coefficient (Wildman–Crippen LogP) is 0.423. The van der Waals surface area contributed by atoms with E-state index in [1.165, 1.54) is 0 Å². The van der Waals surface area contributed by atoms with Crippen LogP contribution in [0.5, 0.6) is 0 Å². The fourth-order valence-corrected chi connectivity index (χ4v) is 0.484. The number of ketones is 1. The number of carbonyl (C=O) groups excluding carboxylic acids is 1. The summed E-state index contributed by atoms with van der Waals surface area (Å²) in [6.45, 7) is 0. The zero-order valence-corrected chi connectivity index (χ0v) is 6.00. The Morgan fingerprint density at radius 3 is 2.00 bits per heavy atom. The monoisotopic (exact) mass is 199 g/mol. The quantitative estimate of drug-likeness (QED) is 0.298. The third-order valence-corrected chi connectivity index (χ3v) is 0.928. The van der Waals surface area contributed by atoms with Gasteiger partial charge < -0.3 is 10.3 Å². The molecule has 13 heavy (non-hydrogen) atoms. The number of halogens is 3. The van der Waals surface area contributed by atoms with Gasteiger partial charge in [-0.1, -0.05) is 5.16 Å². The van der Waals surface area contributed by atoms with E-state index in [2.05, 4.69) is 0 Å². The molecule has 74 valence electrons. The number of carboxylic acid groups (broad SMARTS) is 1. The first-order valence-corrected chi connectivity index (χ1v) is 2.83. The first kappa shape index (κ1) is 11.4. The lowest BCUT2D eigenvalue weighted by atomic mass is 10.2. The van der Waals surface area contributed by atoms with E-state index in [4.69, 9.17) is 10.3 Å². The first-order valence-electron chi connectivity index (χ1n) is 2.83. The van der Waals surface area contributed by atoms with Crippen molar-refractivity contribution in [2.75, 3.05) is 0 Å². The minimum absolute atomic E-state index is 1.53. The van der Waals surface area contributed by atoms with Crippen LogP contribution in [-0.2, 0) is 9.59 Å². The summed E-state index contributed by atoms with van der Waals surface area (Å²) in [6.07, 6.45) is -6.78. The fraction of sp³-hybridized carbons (Fsp3) is 0.400. The Kier molecular flexibility index (Phi) is 3.40. The molecule has 0 bridgehead atoms. The average molecular weight is 199 g/mol. The van der Waals surface area contributed by atoms with Crippen LogP contribution < -0.4 is 0 Å². The summed E-state index contributed by atoms with van der Waals surface area (Å²) in [4.78, 5) is 20.4. The Balaban J connectivity index is 4.52. The minimum atomic E-state index is -4.82. The second-order valence-electron chi connectivity index (χ2n) is 1.97. The lowest BCUT2D eigenvalue weighted by Crippen LogP contribution is -2.28. The van der Waals surface area contributed by atoms with Crippen LogP contribution in [-0.4, -0.2) is 34.0 Å². The van der Waals surface area contributed by atoms with Gasteiger partial charge in [0, 0.05) is 0 Å². The van der Waals surface area contributed by atoms with Crippen molar-refractivity contribution in [3.05, 3.63) is 0 Å². The van der Waals surface area contributed by atoms with Gasteiger partial charge in [-0.2, -0.15) is 13.2 Å². The molecule has 0 aliphatic carbocycles. The zero-order valence-electron chi connectivity index (χ0n) is 6.00. The molecular formula is C5H4F3NO4. The van der Waals surface area contributed by atoms with Crippen LogP contribution in [0.4, 0.5) is 13.2 Å². The van der Waals surface area contributed by atoms with Gasteiger partial charge in [0.25, 0.3) is 0 Å². The van der Waals surface area contributed by atoms with Crippen LogP contribution >= 0.6 is 0 Å². The number of Topliss-reactive ketones (excluding diaryl/α,β-unsaturated/α-hetero) is 1. The maximum Gasteiger partial charge on any atom is 0.396 e. The summed E-state index contributed by atoms with van der Waals surface area (Å²) in [5.41, 5.74) is -1.53. The van der Waals surface area contributed by atoms with Crippen LogP contribution in [0, 0.1) is 0 Å². The summed E-state index contributed by atoms with van der Waals surface area (Å²) in [5, 5.41) is 17.9. The number of hydrogen-bond donors (Lipinski definition) is 2. The molecule has 0 atom stereocenters. The normalized spacial score (nSPS) is 12.7. The highest BCUT2D eigenvalue weighted by Gasteiger charge is 2.35. The third kappa shape index (κ3) is 4.09. The van der Waals surface area contributed by atoms with Gasteiger partial charge in [0.15, 0.2) is 0 Å². The maximum atomic E-state index is 11.5. The Labute approximate surface area is 69.5 Å². The van der Waals surface area contributed by atoms with Crippen LogP contribution in [0.2, 0.25) is 0 Å². The number of oxime groups is 1. The van der Waals surface area contributed by atoms with E-state index in [0.717, 1.165) is 0 Å². The molecule has 0 spiro atoms. The van der Waals surface area contributed by atoms with Gasteiger partial charge in [-0.05, 0) is 0 Å². The molecule has 0 saturated carbocycles. The van der Waals surface area contributed by atoms with Crippen molar-refractivity contribution in [3.63, 3.8) is 0 Å². The van der Waals surface area contributed by atoms with Gasteiger partial charge in [-0.3, -0.25) is 4.79 Å². The van der Waals surface area contributed by atoms with Crippen LogP contribution in [0.3, 0.4) is 0 Å². The van der Waals surface area contributed by atoms with Crippen molar-refractivity contribution < 1.29 is 33.1 Å². The van der Waals surface area contributed by atoms with Gasteiger partial charge >= 0.3 is 12.1 Å². The lowest BCUT2D eigenvalue weighted by molar-refractivity contribution is -0.148. The molecule has 0 aromatic heterocycles. The van der Waals surface area contributed by atoms with Crippen molar-refractivity contribution in [2.24, 2.45) is 5.16 Å². The molecule has 0 fully saturated rings. The number of carbonyl (C=O) groups is 2. The van der Waals surface area contributed by atoms with Gasteiger partial charge in [0.2, 0.25) is 11.5 Å². The molecule has 0 radical (unpaired) electrons. The number of nitrogens with zero attached hydrogens (tertiary/aromatic N) is 1. The Hall–Kier alpha value is -1.60. The topological polar surface area (TPSA) is 87.0 Å². The number of aliphatic carboxylic acids is 1. The highest BCUT2D eigenvalue weighted by Crippen LogP contribution is 2.19. The lowest BCUT2D eigenvalue weighted by Gasteiger charge is -2.03. The molecule has 8 heteroatoms. The van der Waals surface area contributed by atoms with E-state index in [-0.39, 0.29) is 0 Å². The van der Waals surface area contributed by atoms with Crippen molar-refractivity contribution in [3.8, 4) is 0 Å². The standard InChI is InChI=1S/C5H4F3NO4/c6-5(7,8)1-2(10)3(9-13)4(11)12/h13H,1H2,(H,11,12). The highest BCUT2D eigenvalue weighted by atomic mass is 19.4. The SMILES string of the molecule is O=C(O)C(=NO)C(=O)CC(F)(F)F. The molecule has 2 N–H and O–H groups in total. The molecule has 0 aliphatic heterocycles. The summed E-state index contributed by atoms with van der Waals surface area (Å²) < 4.78 is 34.5. The highest BCUT2D eigenvalue weighted by molar-refractivity contribution is 6.63. The average Bonchev–Trinajstić information content (AvgIpc) is 1.82. The van der Waals surface area contributed by atoms with Gasteiger partial charge in [0.05, 0.1) is 0 Å². The van der Waals surface area contributed by atoms with Crippen LogP contribution in [0.1, 0.15) is 6.42 Å². The molecule has 5 nitrogen and oxygen atoms in total. The van der Waals surface area contributed by atoms with E-state index in [1.807, 2.05) is 5.16 Å². The number of rotatable bonds is 3. The van der Waals surface area contributed by atoms with E-state index in [1.54, 1.807) is 0 Å². The molecule has 0 unspecified atom stereocenters. The molecule has 0 aromatic carbocycles. The Morgan fingerprint density at radius 2 is 1.77 bits per heavy atom. The Bertz CT molecular complexity index is 257. The van der Waals surface area contributed by atoms with Gasteiger partial charge in [0.1, 0.15) is 6.42 Å². The van der Waals surface area contributed by atoms with Crippen LogP contribution in [0.15, 0.2) is 5.16 Å². The number of alkyl halides is 3. The minimum Gasteiger partial charge on any atom is -0.476 e. The van der Waals surface area contributed by atoms with Crippen molar-refractivity contribution in [1.82, 2.24) is 0 Å². The fourth-order valence-electron chi connectivity index (χ4n) is 0.484. The smallest absolute Gasteiger partial charge is 0.396 e. The number of carboxylic acids is 1. The maximum absolute atomic E-state index is 11.5. The molecular weight excluding hydrogens is 195 g/mol. The van der Waals surface area contributed by atoms with E-state index in [9.17, 15) is 22.8 Å². The second kappa shape index (κ2) is 3.87. The van der Waals surface area contributed by atoms with E-state index < -0.39 is 30.1 Å². The second-order valence-corrected chi connectivity index (χ2v) is 1.97. The van der Waals surface area contributed by atoms with Gasteiger partial charge in [-0.15, -0.1) is 0 Å². The zero-order chi connectivity index (χ0) is 10.6. The molecule has 0 heterocycles. The summed E-state index contributed by atoms with van der Waals surface area (Å²) in [6, 6.07) is 0. The molecule has 0 aromatic rings. The predicted molar refractivity (Wildman–Crippen MR) is 32.5 cm³/mol. The van der Waals surface area contributed by atoms with E-state index in [0.29, 0.717) is 0 Å². The summed E-state index contributed by atoms with van der Waals surface area (Å²) in [5.74, 6) is -3.79. The first-order chi connectivity index (χ1) is 5.78. The number of hydrogen-bond acceptors (Lipinski definition) is 4. The summed E-state index contributed by atoms with van der Waals surface area (Å²) in [7, 11) is 0. The summed E-state index contributed by atoms with van der Waals surface area (Å²) >= 11 is 0. The molecule has 0 rings (SSSR count). The Morgan fingerprint density at radius 1 is 1.31 bits per heavy atom. The van der Waals surface area contributed by atoms with Crippen molar-refractivity contribution >= 4 is 17.5 Å². The molecule has 0 saturated heterocycles. The van der Waals surface area contributed by atoms with E-state index >= 15 is 0 Å². The molecule has 0 aliphatic rings. The largest absolute Gasteiger partial charge is 0.476 e.